The van der Waals surface area contributed by atoms with E-state index in [1.54, 1.807) is 48.5 Å². The Morgan fingerprint density at radius 3 is 2.58 bits per heavy atom. The molecule has 0 saturated heterocycles. The molecule has 0 fully saturated rings. The lowest BCUT2D eigenvalue weighted by Crippen LogP contribution is -2.42. The van der Waals surface area contributed by atoms with Crippen LogP contribution in [0, 0.1) is 0 Å². The van der Waals surface area contributed by atoms with E-state index in [-0.39, 0.29) is 24.3 Å². The van der Waals surface area contributed by atoms with Gasteiger partial charge in [0, 0.05) is 17.3 Å². The van der Waals surface area contributed by atoms with E-state index in [0.29, 0.717) is 22.6 Å². The van der Waals surface area contributed by atoms with Crippen LogP contribution >= 0.6 is 11.3 Å². The van der Waals surface area contributed by atoms with E-state index in [2.05, 4.69) is 15.6 Å². The minimum absolute atomic E-state index is 0.0507. The number of aromatic nitrogens is 1. The van der Waals surface area contributed by atoms with Crippen LogP contribution in [-0.2, 0) is 9.59 Å². The Kier molecular flexibility index (Phi) is 5.42. The monoisotopic (exact) mass is 454 g/mol. The standard InChI is InChI=1S/C25H18N4O3S/c30-22(13-14-24-28-19-6-2-4-8-21(19)33-24)26-17-11-9-16(10-12-17)25(32)29-15-23(31)27-18-5-1-3-7-20(18)29/h1-14H,15H2,(H,26,30)(H,27,31)/b14-13+. The Bertz CT molecular complexity index is 1380. The first-order valence-corrected chi connectivity index (χ1v) is 11.0. The number of amides is 3. The predicted octanol–water partition coefficient (Wildman–Crippen LogP) is 4.55. The summed E-state index contributed by atoms with van der Waals surface area (Å²) in [5.41, 5.74) is 3.13. The summed E-state index contributed by atoms with van der Waals surface area (Å²) >= 11 is 1.51. The first-order chi connectivity index (χ1) is 16.1. The summed E-state index contributed by atoms with van der Waals surface area (Å²) in [6.07, 6.45) is 3.11. The second-order valence-electron chi connectivity index (χ2n) is 7.38. The van der Waals surface area contributed by atoms with Crippen LogP contribution < -0.4 is 15.5 Å². The van der Waals surface area contributed by atoms with Gasteiger partial charge in [-0.25, -0.2) is 4.98 Å². The molecule has 162 valence electrons. The normalized spacial score (nSPS) is 13.1. The maximum Gasteiger partial charge on any atom is 0.258 e. The molecule has 1 aliphatic rings. The second-order valence-corrected chi connectivity index (χ2v) is 8.44. The van der Waals surface area contributed by atoms with Gasteiger partial charge < -0.3 is 10.6 Å². The van der Waals surface area contributed by atoms with E-state index >= 15 is 0 Å². The van der Waals surface area contributed by atoms with Crippen molar-refractivity contribution in [3.63, 3.8) is 0 Å². The lowest BCUT2D eigenvalue weighted by Gasteiger charge is -2.29. The van der Waals surface area contributed by atoms with E-state index < -0.39 is 0 Å². The number of carbonyl (C=O) groups is 3. The molecule has 0 atom stereocenters. The van der Waals surface area contributed by atoms with Gasteiger partial charge in [-0.3, -0.25) is 19.3 Å². The molecule has 0 radical (unpaired) electrons. The van der Waals surface area contributed by atoms with Crippen LogP contribution in [0.5, 0.6) is 0 Å². The van der Waals surface area contributed by atoms with Crippen LogP contribution in [0.15, 0.2) is 78.9 Å². The zero-order valence-electron chi connectivity index (χ0n) is 17.3. The number of anilines is 3. The molecule has 1 aromatic heterocycles. The van der Waals surface area contributed by atoms with Crippen LogP contribution in [0.1, 0.15) is 15.4 Å². The van der Waals surface area contributed by atoms with Gasteiger partial charge in [0.2, 0.25) is 11.8 Å². The molecule has 4 aromatic rings. The summed E-state index contributed by atoms with van der Waals surface area (Å²) in [6, 6.07) is 21.5. The number of rotatable bonds is 4. The van der Waals surface area contributed by atoms with Gasteiger partial charge in [-0.15, -0.1) is 11.3 Å². The summed E-state index contributed by atoms with van der Waals surface area (Å²) in [4.78, 5) is 43.2. The average Bonchev–Trinajstić information content (AvgIpc) is 3.25. The molecular formula is C25H18N4O3S. The number of hydrogen-bond acceptors (Lipinski definition) is 5. The lowest BCUT2D eigenvalue weighted by atomic mass is 10.1. The molecule has 1 aliphatic heterocycles. The highest BCUT2D eigenvalue weighted by molar-refractivity contribution is 7.19. The third kappa shape index (κ3) is 4.37. The molecule has 33 heavy (non-hydrogen) atoms. The highest BCUT2D eigenvalue weighted by atomic mass is 32.1. The molecule has 0 spiro atoms. The first-order valence-electron chi connectivity index (χ1n) is 10.2. The fourth-order valence-corrected chi connectivity index (χ4v) is 4.43. The first kappa shape index (κ1) is 20.6. The summed E-state index contributed by atoms with van der Waals surface area (Å²) in [7, 11) is 0. The maximum atomic E-state index is 13.0. The Balaban J connectivity index is 1.26. The van der Waals surface area contributed by atoms with Crippen molar-refractivity contribution in [1.29, 1.82) is 0 Å². The van der Waals surface area contributed by atoms with Crippen LogP contribution in [0.4, 0.5) is 17.1 Å². The number of para-hydroxylation sites is 3. The van der Waals surface area contributed by atoms with Gasteiger partial charge in [-0.2, -0.15) is 0 Å². The van der Waals surface area contributed by atoms with Crippen LogP contribution in [0.3, 0.4) is 0 Å². The van der Waals surface area contributed by atoms with E-state index in [1.807, 2.05) is 30.3 Å². The molecule has 8 heteroatoms. The smallest absolute Gasteiger partial charge is 0.258 e. The molecule has 0 aliphatic carbocycles. The minimum Gasteiger partial charge on any atom is -0.323 e. The predicted molar refractivity (Wildman–Crippen MR) is 130 cm³/mol. The van der Waals surface area contributed by atoms with Crippen LogP contribution in [-0.4, -0.2) is 29.3 Å². The fourth-order valence-electron chi connectivity index (χ4n) is 3.56. The topological polar surface area (TPSA) is 91.4 Å². The van der Waals surface area contributed by atoms with Crippen molar-refractivity contribution in [2.45, 2.75) is 0 Å². The van der Waals surface area contributed by atoms with Crippen molar-refractivity contribution in [3.05, 3.63) is 89.4 Å². The number of hydrogen-bond donors (Lipinski definition) is 2. The quantitative estimate of drug-likeness (QED) is 0.443. The summed E-state index contributed by atoms with van der Waals surface area (Å²) in [6.45, 7) is -0.0507. The number of carbonyl (C=O) groups excluding carboxylic acids is 3. The van der Waals surface area contributed by atoms with Gasteiger partial charge in [0.05, 0.1) is 21.6 Å². The van der Waals surface area contributed by atoms with Crippen molar-refractivity contribution >= 4 is 62.4 Å². The molecule has 7 nitrogen and oxygen atoms in total. The van der Waals surface area contributed by atoms with Crippen molar-refractivity contribution in [2.75, 3.05) is 22.1 Å². The van der Waals surface area contributed by atoms with E-state index in [0.717, 1.165) is 15.2 Å². The fraction of sp³-hybridized carbons (Fsp3) is 0.0400. The third-order valence-electron chi connectivity index (χ3n) is 5.10. The molecule has 2 N–H and O–H groups in total. The zero-order chi connectivity index (χ0) is 22.8. The van der Waals surface area contributed by atoms with Gasteiger partial charge in [-0.05, 0) is 54.6 Å². The van der Waals surface area contributed by atoms with Crippen LogP contribution in [0.25, 0.3) is 16.3 Å². The summed E-state index contributed by atoms with van der Waals surface area (Å²) in [5.74, 6) is -0.827. The van der Waals surface area contributed by atoms with Gasteiger partial charge in [0.15, 0.2) is 0 Å². The molecule has 0 bridgehead atoms. The Hall–Kier alpha value is -4.30. The molecule has 0 unspecified atom stereocenters. The van der Waals surface area contributed by atoms with Crippen molar-refractivity contribution in [2.24, 2.45) is 0 Å². The molecule has 3 amide bonds. The van der Waals surface area contributed by atoms with Gasteiger partial charge in [0.1, 0.15) is 11.6 Å². The summed E-state index contributed by atoms with van der Waals surface area (Å²) in [5, 5.41) is 6.29. The number of nitrogens with one attached hydrogen (secondary N) is 2. The minimum atomic E-state index is -0.296. The van der Waals surface area contributed by atoms with E-state index in [1.165, 1.54) is 22.3 Å². The van der Waals surface area contributed by atoms with Crippen molar-refractivity contribution in [3.8, 4) is 0 Å². The largest absolute Gasteiger partial charge is 0.323 e. The Morgan fingerprint density at radius 1 is 1.00 bits per heavy atom. The van der Waals surface area contributed by atoms with Crippen LogP contribution in [0.2, 0.25) is 0 Å². The maximum absolute atomic E-state index is 13.0. The number of nitrogens with zero attached hydrogens (tertiary/aromatic N) is 2. The average molecular weight is 455 g/mol. The molecule has 0 saturated carbocycles. The van der Waals surface area contributed by atoms with E-state index in [9.17, 15) is 14.4 Å². The van der Waals surface area contributed by atoms with Crippen molar-refractivity contribution in [1.82, 2.24) is 4.98 Å². The molecular weight excluding hydrogens is 436 g/mol. The molecule has 5 rings (SSSR count). The SMILES string of the molecule is O=C(/C=C/c1nc2ccccc2s1)Nc1ccc(C(=O)N2CC(=O)Nc3ccccc32)cc1. The number of thiazole rings is 1. The highest BCUT2D eigenvalue weighted by Crippen LogP contribution is 2.30. The summed E-state index contributed by atoms with van der Waals surface area (Å²) < 4.78 is 1.06. The highest BCUT2D eigenvalue weighted by Gasteiger charge is 2.27. The Morgan fingerprint density at radius 2 is 1.76 bits per heavy atom. The van der Waals surface area contributed by atoms with Crippen molar-refractivity contribution < 1.29 is 14.4 Å². The van der Waals surface area contributed by atoms with Gasteiger partial charge >= 0.3 is 0 Å². The second kappa shape index (κ2) is 8.68. The zero-order valence-corrected chi connectivity index (χ0v) is 18.1. The van der Waals surface area contributed by atoms with E-state index in [4.69, 9.17) is 0 Å². The Labute approximate surface area is 193 Å². The molecule has 2 heterocycles. The number of fused-ring (bicyclic) bond motifs is 2. The third-order valence-corrected chi connectivity index (χ3v) is 6.10. The number of benzene rings is 3. The lowest BCUT2D eigenvalue weighted by molar-refractivity contribution is -0.115. The van der Waals surface area contributed by atoms with Gasteiger partial charge in [-0.1, -0.05) is 24.3 Å². The molecule has 3 aromatic carbocycles. The van der Waals surface area contributed by atoms with Gasteiger partial charge in [0.25, 0.3) is 5.91 Å².